The van der Waals surface area contributed by atoms with E-state index in [2.05, 4.69) is 0 Å². The Morgan fingerprint density at radius 3 is 1.14 bits per heavy atom. The zero-order valence-electron chi connectivity index (χ0n) is 13.7. The summed E-state index contributed by atoms with van der Waals surface area (Å²) in [7, 11) is 0. The van der Waals surface area contributed by atoms with Crippen LogP contribution in [-0.4, -0.2) is 46.2 Å². The van der Waals surface area contributed by atoms with Crippen molar-refractivity contribution in [3.05, 3.63) is 0 Å². The minimum atomic E-state index is -5.79. The number of alkyl halides is 6. The fourth-order valence-corrected chi connectivity index (χ4v) is 8.25. The normalized spacial score (nSPS) is 18.0. The molecule has 0 aromatic heterocycles. The van der Waals surface area contributed by atoms with Crippen molar-refractivity contribution in [2.24, 2.45) is 0 Å². The van der Waals surface area contributed by atoms with E-state index in [0.29, 0.717) is 0 Å². The third-order valence-electron chi connectivity index (χ3n) is 5.01. The fourth-order valence-electron chi connectivity index (χ4n) is 2.36. The Kier molecular flexibility index (Phi) is 5.52. The zero-order valence-corrected chi connectivity index (χ0v) is 16.8. The summed E-state index contributed by atoms with van der Waals surface area (Å²) in [4.78, 5) is 0. The van der Waals surface area contributed by atoms with Gasteiger partial charge in [-0.15, -0.1) is 0 Å². The van der Waals surface area contributed by atoms with Crippen LogP contribution in [0.2, 0.25) is 0 Å². The summed E-state index contributed by atoms with van der Waals surface area (Å²) in [5, 5.41) is 8.04. The van der Waals surface area contributed by atoms with E-state index >= 15 is 0 Å². The Morgan fingerprint density at radius 2 is 1.00 bits per heavy atom. The Bertz CT molecular complexity index is 396. The standard InChI is InChI=1S/C13H24F6IOP/c1-9(2,3)22(7,20,10(4,5)6)8-11(21,12(14,15)16)13(17,18)19/h21H,8H2,1-7H3. The first-order valence-electron chi connectivity index (χ1n) is 6.59. The first-order valence-corrected chi connectivity index (χ1v) is 12.2. The first kappa shape index (κ1) is 22.7. The molecule has 22 heavy (non-hydrogen) atoms. The van der Waals surface area contributed by atoms with E-state index in [1.807, 2.05) is 0 Å². The summed E-state index contributed by atoms with van der Waals surface area (Å²) >= 11 is 1.80. The molecule has 1 N–H and O–H groups in total. The van der Waals surface area contributed by atoms with Crippen LogP contribution in [0.4, 0.5) is 26.3 Å². The van der Waals surface area contributed by atoms with E-state index < -0.39 is 38.7 Å². The average molecular weight is 468 g/mol. The molecule has 0 fully saturated rings. The molecule has 0 heterocycles. The van der Waals surface area contributed by atoms with Crippen molar-refractivity contribution < 1.29 is 31.4 Å². The van der Waals surface area contributed by atoms with Crippen LogP contribution in [0.15, 0.2) is 0 Å². The number of hydrogen-bond acceptors (Lipinski definition) is 1. The summed E-state index contributed by atoms with van der Waals surface area (Å²) in [6, 6.07) is 0. The average Bonchev–Trinajstić information content (AvgIpc) is 2.09. The van der Waals surface area contributed by atoms with Crippen molar-refractivity contribution in [2.45, 2.75) is 69.8 Å². The molecule has 0 saturated carbocycles. The maximum absolute atomic E-state index is 13.1. The predicted molar refractivity (Wildman–Crippen MR) is 88.3 cm³/mol. The number of rotatable bonds is 2. The van der Waals surface area contributed by atoms with Gasteiger partial charge in [0.2, 0.25) is 0 Å². The summed E-state index contributed by atoms with van der Waals surface area (Å²) in [6.07, 6.45) is -12.9. The zero-order chi connectivity index (χ0) is 18.7. The van der Waals surface area contributed by atoms with Crippen LogP contribution in [0.3, 0.4) is 0 Å². The summed E-state index contributed by atoms with van der Waals surface area (Å²) < 4.78 is 75.0. The van der Waals surface area contributed by atoms with Gasteiger partial charge in [0.15, 0.2) is 0 Å². The quantitative estimate of drug-likeness (QED) is 0.301. The van der Waals surface area contributed by atoms with Crippen LogP contribution >= 0.6 is 26.3 Å². The van der Waals surface area contributed by atoms with Gasteiger partial charge in [-0.2, -0.15) is 0 Å². The van der Waals surface area contributed by atoms with E-state index in [4.69, 9.17) is 0 Å². The van der Waals surface area contributed by atoms with Crippen LogP contribution in [0.25, 0.3) is 0 Å². The third-order valence-corrected chi connectivity index (χ3v) is 22.9. The first-order chi connectivity index (χ1) is 9.01. The molecule has 0 saturated heterocycles. The van der Waals surface area contributed by atoms with Gasteiger partial charge in [0.05, 0.1) is 0 Å². The van der Waals surface area contributed by atoms with Crippen molar-refractivity contribution >= 4 is 26.3 Å². The monoisotopic (exact) mass is 468 g/mol. The molecular formula is C13H24F6IOP. The number of aliphatic hydroxyl groups is 1. The van der Waals surface area contributed by atoms with Crippen molar-refractivity contribution in [2.75, 3.05) is 12.8 Å². The molecule has 0 aliphatic heterocycles. The van der Waals surface area contributed by atoms with E-state index in [9.17, 15) is 31.4 Å². The van der Waals surface area contributed by atoms with Crippen LogP contribution < -0.4 is 0 Å². The van der Waals surface area contributed by atoms with Gasteiger partial charge in [0.25, 0.3) is 0 Å². The predicted octanol–water partition coefficient (Wildman–Crippen LogP) is 5.97. The van der Waals surface area contributed by atoms with Gasteiger partial charge in [-0.3, -0.25) is 0 Å². The molecule has 0 radical (unpaired) electrons. The third kappa shape index (κ3) is 3.25. The Balaban J connectivity index is 6.53. The summed E-state index contributed by atoms with van der Waals surface area (Å²) in [6.45, 7) is 11.3. The van der Waals surface area contributed by atoms with Gasteiger partial charge in [0, 0.05) is 0 Å². The van der Waals surface area contributed by atoms with E-state index in [1.165, 1.54) is 6.66 Å². The summed E-state index contributed by atoms with van der Waals surface area (Å²) in [5.74, 6) is 0. The molecule has 0 bridgehead atoms. The maximum atomic E-state index is 13.1. The molecule has 0 aromatic carbocycles. The Hall–Kier alpha value is 0.700. The second kappa shape index (κ2) is 5.35. The molecule has 0 aliphatic rings. The summed E-state index contributed by atoms with van der Waals surface area (Å²) in [5.41, 5.74) is -4.71. The number of hydrogen-bond donors (Lipinski definition) is 1. The van der Waals surface area contributed by atoms with Crippen LogP contribution in [0.5, 0.6) is 0 Å². The van der Waals surface area contributed by atoms with Gasteiger partial charge in [-0.05, 0) is 0 Å². The van der Waals surface area contributed by atoms with Crippen LogP contribution in [0, 0.1) is 0 Å². The van der Waals surface area contributed by atoms with Crippen molar-refractivity contribution in [3.8, 4) is 0 Å². The van der Waals surface area contributed by atoms with Gasteiger partial charge in [0.1, 0.15) is 0 Å². The molecule has 0 amide bonds. The van der Waals surface area contributed by atoms with E-state index in [1.54, 1.807) is 63.6 Å². The molecular weight excluding hydrogens is 444 g/mol. The molecule has 0 unspecified atom stereocenters. The molecule has 0 aromatic rings. The molecule has 1 nitrogen and oxygen atoms in total. The molecule has 9 heteroatoms. The van der Waals surface area contributed by atoms with Gasteiger partial charge in [-0.25, -0.2) is 0 Å². The fraction of sp³-hybridized carbons (Fsp3) is 1.00. The number of halogens is 7. The van der Waals surface area contributed by atoms with Crippen molar-refractivity contribution in [1.29, 1.82) is 0 Å². The SMILES string of the molecule is CC(C)(C)P(C)(I)(CC(O)(C(F)(F)F)C(F)(F)F)C(C)(C)C. The van der Waals surface area contributed by atoms with E-state index in [-0.39, 0.29) is 0 Å². The van der Waals surface area contributed by atoms with Gasteiger partial charge >= 0.3 is 140 Å². The molecule has 136 valence electrons. The van der Waals surface area contributed by atoms with Crippen molar-refractivity contribution in [1.82, 2.24) is 0 Å². The van der Waals surface area contributed by atoms with Crippen LogP contribution in [0.1, 0.15) is 41.5 Å². The van der Waals surface area contributed by atoms with E-state index in [0.717, 1.165) is 0 Å². The van der Waals surface area contributed by atoms with Crippen LogP contribution in [-0.2, 0) is 0 Å². The second-order valence-electron chi connectivity index (χ2n) is 8.00. The molecule has 0 aliphatic carbocycles. The second-order valence-corrected chi connectivity index (χ2v) is 22.1. The Labute approximate surface area is 140 Å². The Morgan fingerprint density at radius 1 is 0.773 bits per heavy atom. The minimum absolute atomic E-state index is 0.825. The molecule has 0 atom stereocenters. The van der Waals surface area contributed by atoms with Crippen molar-refractivity contribution in [3.63, 3.8) is 0 Å². The molecule has 0 spiro atoms. The molecule has 0 rings (SSSR count). The topological polar surface area (TPSA) is 20.2 Å². The van der Waals surface area contributed by atoms with Gasteiger partial charge in [-0.1, -0.05) is 0 Å². The van der Waals surface area contributed by atoms with Gasteiger partial charge < -0.3 is 0 Å².